The van der Waals surface area contributed by atoms with E-state index in [4.69, 9.17) is 9.47 Å². The molecule has 0 radical (unpaired) electrons. The summed E-state index contributed by atoms with van der Waals surface area (Å²) in [5, 5.41) is 6.40. The highest BCUT2D eigenvalue weighted by atomic mass is 16.5. The number of likely N-dealkylation sites (tertiary alicyclic amines) is 1. The third-order valence-electron chi connectivity index (χ3n) is 6.61. The van der Waals surface area contributed by atoms with E-state index in [0.717, 1.165) is 63.1 Å². The molecule has 2 aromatic heterocycles. The van der Waals surface area contributed by atoms with Crippen LogP contribution in [0.3, 0.4) is 0 Å². The van der Waals surface area contributed by atoms with Crippen LogP contribution in [0.1, 0.15) is 12.8 Å². The van der Waals surface area contributed by atoms with Gasteiger partial charge in [0.15, 0.2) is 0 Å². The number of nitrogens with one attached hydrogen (secondary N) is 2. The minimum atomic E-state index is -0.200. The molecule has 0 aliphatic carbocycles. The molecule has 0 atom stereocenters. The fraction of sp³-hybridized carbons (Fsp3) is 0.400. The molecule has 4 heterocycles. The first kappa shape index (κ1) is 23.1. The van der Waals surface area contributed by atoms with E-state index >= 15 is 0 Å². The first-order chi connectivity index (χ1) is 17.1. The number of hydrogen-bond acceptors (Lipinski definition) is 6. The average Bonchev–Trinajstić information content (AvgIpc) is 3.32. The van der Waals surface area contributed by atoms with Gasteiger partial charge in [-0.1, -0.05) is 0 Å². The smallest absolute Gasteiger partial charge is 0.325 e. The monoisotopic (exact) mass is 478 g/mol. The summed E-state index contributed by atoms with van der Waals surface area (Å²) in [4.78, 5) is 33.4. The molecule has 2 aliphatic rings. The van der Waals surface area contributed by atoms with Crippen molar-refractivity contribution in [1.29, 1.82) is 0 Å². The summed E-state index contributed by atoms with van der Waals surface area (Å²) < 4.78 is 13.0. The lowest BCUT2D eigenvalue weighted by atomic mass is 10.0. The van der Waals surface area contributed by atoms with Gasteiger partial charge < -0.3 is 19.7 Å². The number of piperidine rings is 1. The van der Waals surface area contributed by atoms with E-state index in [0.29, 0.717) is 23.4 Å². The molecule has 5 rings (SSSR count). The highest BCUT2D eigenvalue weighted by Gasteiger charge is 2.28. The second kappa shape index (κ2) is 10.3. The zero-order valence-electron chi connectivity index (χ0n) is 19.8. The fourth-order valence-electron chi connectivity index (χ4n) is 4.73. The molecule has 0 spiro atoms. The maximum absolute atomic E-state index is 12.8. The van der Waals surface area contributed by atoms with E-state index in [-0.39, 0.29) is 12.1 Å². The molecular weight excluding hydrogens is 448 g/mol. The number of pyridine rings is 1. The van der Waals surface area contributed by atoms with Crippen LogP contribution in [0.2, 0.25) is 0 Å². The summed E-state index contributed by atoms with van der Waals surface area (Å²) in [6.07, 6.45) is 5.26. The molecule has 3 amide bonds. The normalized spacial score (nSPS) is 17.3. The van der Waals surface area contributed by atoms with Crippen LogP contribution >= 0.6 is 0 Å². The van der Waals surface area contributed by atoms with Gasteiger partial charge >= 0.3 is 12.1 Å². The van der Waals surface area contributed by atoms with Gasteiger partial charge in [-0.15, -0.1) is 0 Å². The lowest BCUT2D eigenvalue weighted by Crippen LogP contribution is -2.50. The number of aromatic nitrogens is 2. The predicted octanol–water partition coefficient (Wildman–Crippen LogP) is 3.34. The number of nitrogens with zero attached hydrogens (tertiary/aromatic N) is 4. The number of ether oxygens (including phenoxy) is 2. The van der Waals surface area contributed by atoms with Gasteiger partial charge in [-0.25, -0.2) is 14.6 Å². The first-order valence-electron chi connectivity index (χ1n) is 12.0. The minimum absolute atomic E-state index is 0.146. The molecule has 2 saturated heterocycles. The summed E-state index contributed by atoms with van der Waals surface area (Å²) >= 11 is 0. The lowest BCUT2D eigenvalue weighted by Gasteiger charge is -2.39. The van der Waals surface area contributed by atoms with Crippen LogP contribution in [-0.4, -0.2) is 83.9 Å². The molecule has 1 aromatic carbocycles. The lowest BCUT2D eigenvalue weighted by molar-refractivity contribution is 0.00419. The Labute approximate surface area is 203 Å². The van der Waals surface area contributed by atoms with E-state index in [2.05, 4.69) is 20.5 Å². The number of carbonyl (C=O) groups excluding carboxylic acids is 2. The minimum Gasteiger partial charge on any atom is -0.457 e. The Hall–Kier alpha value is -3.63. The zero-order valence-corrected chi connectivity index (χ0v) is 19.8. The van der Waals surface area contributed by atoms with Crippen molar-refractivity contribution in [2.75, 3.05) is 51.8 Å². The largest absolute Gasteiger partial charge is 0.457 e. The number of morpholine rings is 1. The Balaban J connectivity index is 1.18. The quantitative estimate of drug-likeness (QED) is 0.597. The summed E-state index contributed by atoms with van der Waals surface area (Å²) in [6.45, 7) is 4.98. The number of anilines is 1. The van der Waals surface area contributed by atoms with E-state index in [1.54, 1.807) is 42.2 Å². The Morgan fingerprint density at radius 1 is 1.00 bits per heavy atom. The van der Waals surface area contributed by atoms with Gasteiger partial charge in [0.2, 0.25) is 0 Å². The van der Waals surface area contributed by atoms with Crippen molar-refractivity contribution in [3.63, 3.8) is 0 Å². The maximum atomic E-state index is 12.8. The Morgan fingerprint density at radius 2 is 1.77 bits per heavy atom. The Kier molecular flexibility index (Phi) is 6.82. The molecule has 35 heavy (non-hydrogen) atoms. The number of amides is 3. The summed E-state index contributed by atoms with van der Waals surface area (Å²) in [5.41, 5.74) is 0.789. The van der Waals surface area contributed by atoms with E-state index < -0.39 is 0 Å². The molecule has 0 saturated carbocycles. The zero-order chi connectivity index (χ0) is 24.2. The summed E-state index contributed by atoms with van der Waals surface area (Å²) in [7, 11) is 1.60. The number of urea groups is 1. The molecule has 10 nitrogen and oxygen atoms in total. The summed E-state index contributed by atoms with van der Waals surface area (Å²) in [6, 6.07) is 11.0. The Bertz CT molecular complexity index is 1200. The van der Waals surface area contributed by atoms with Crippen molar-refractivity contribution in [3.8, 4) is 11.5 Å². The highest BCUT2D eigenvalue weighted by molar-refractivity contribution is 5.92. The molecular formula is C25H30N6O4. The molecule has 10 heteroatoms. The number of hydrogen-bond donors (Lipinski definition) is 2. The fourth-order valence-corrected chi connectivity index (χ4v) is 4.73. The van der Waals surface area contributed by atoms with Gasteiger partial charge in [-0.3, -0.25) is 14.8 Å². The maximum Gasteiger partial charge on any atom is 0.325 e. The third-order valence-corrected chi connectivity index (χ3v) is 6.61. The standard InChI is InChI=1S/C25H30N6O4/c1-26-24(32)31-11-5-18-16-20(2-3-22(18)31)35-21-4-8-27-23(17-21)28-25(33)30-9-6-19(7-10-30)29-12-14-34-15-13-29/h2-5,8,11,16-17,19H,6-7,9-10,12-15H2,1H3,(H,26,32)(H,27,28,33). The van der Waals surface area contributed by atoms with Crippen molar-refractivity contribution in [2.24, 2.45) is 0 Å². The van der Waals surface area contributed by atoms with Crippen LogP contribution in [0.25, 0.3) is 10.9 Å². The third kappa shape index (κ3) is 5.23. The van der Waals surface area contributed by atoms with Crippen molar-refractivity contribution in [1.82, 2.24) is 24.7 Å². The molecule has 2 aliphatic heterocycles. The van der Waals surface area contributed by atoms with Crippen molar-refractivity contribution in [2.45, 2.75) is 18.9 Å². The molecule has 2 N–H and O–H groups in total. The average molecular weight is 479 g/mol. The second-order valence-electron chi connectivity index (χ2n) is 8.74. The van der Waals surface area contributed by atoms with Crippen LogP contribution < -0.4 is 15.4 Å². The van der Waals surface area contributed by atoms with E-state index in [1.165, 1.54) is 0 Å². The summed E-state index contributed by atoms with van der Waals surface area (Å²) in [5.74, 6) is 1.63. The Morgan fingerprint density at radius 3 is 2.54 bits per heavy atom. The number of carbonyl (C=O) groups is 2. The van der Waals surface area contributed by atoms with Gasteiger partial charge in [0.25, 0.3) is 0 Å². The number of benzene rings is 1. The number of rotatable bonds is 4. The van der Waals surface area contributed by atoms with Crippen molar-refractivity contribution >= 4 is 28.8 Å². The van der Waals surface area contributed by atoms with Crippen LogP contribution in [0.15, 0.2) is 48.8 Å². The van der Waals surface area contributed by atoms with Crippen molar-refractivity contribution in [3.05, 3.63) is 48.8 Å². The van der Waals surface area contributed by atoms with Crippen LogP contribution in [0.5, 0.6) is 11.5 Å². The molecule has 0 unspecified atom stereocenters. The van der Waals surface area contributed by atoms with Gasteiger partial charge in [-0.2, -0.15) is 0 Å². The van der Waals surface area contributed by atoms with Crippen LogP contribution in [0, 0.1) is 0 Å². The molecule has 3 aromatic rings. The molecule has 184 valence electrons. The van der Waals surface area contributed by atoms with Gasteiger partial charge in [0.05, 0.1) is 18.7 Å². The highest BCUT2D eigenvalue weighted by Crippen LogP contribution is 2.27. The topological polar surface area (TPSA) is 101 Å². The van der Waals surface area contributed by atoms with Gasteiger partial charge in [0.1, 0.15) is 17.3 Å². The van der Waals surface area contributed by atoms with Crippen LogP contribution in [0.4, 0.5) is 15.4 Å². The van der Waals surface area contributed by atoms with E-state index in [9.17, 15) is 9.59 Å². The van der Waals surface area contributed by atoms with Crippen molar-refractivity contribution < 1.29 is 19.1 Å². The van der Waals surface area contributed by atoms with E-state index in [1.807, 2.05) is 23.1 Å². The predicted molar refractivity (Wildman–Crippen MR) is 132 cm³/mol. The van der Waals surface area contributed by atoms with Gasteiger partial charge in [-0.05, 0) is 43.2 Å². The van der Waals surface area contributed by atoms with Crippen LogP contribution in [-0.2, 0) is 4.74 Å². The van der Waals surface area contributed by atoms with Gasteiger partial charge in [0, 0.05) is 63.1 Å². The first-order valence-corrected chi connectivity index (χ1v) is 12.0. The number of fused-ring (bicyclic) bond motifs is 1. The molecule has 2 fully saturated rings. The molecule has 0 bridgehead atoms. The SMILES string of the molecule is CNC(=O)n1ccc2cc(Oc3ccnc(NC(=O)N4CCC(N5CCOCC5)CC4)c3)ccc21. The second-order valence-corrected chi connectivity index (χ2v) is 8.74.